The standard InChI is InChI=1S/C14H19NO4.H3N/c1-2-3-4-5-6-10-19-14(16)12-8-7-9-13(11-12)15(17)18;/h7-9,11H,2-6,10H2,1H3;1H3/p+1. The van der Waals surface area contributed by atoms with Crippen molar-refractivity contribution in [2.24, 2.45) is 0 Å². The summed E-state index contributed by atoms with van der Waals surface area (Å²) in [4.78, 5) is 21.7. The summed E-state index contributed by atoms with van der Waals surface area (Å²) in [6.45, 7) is 2.51. The molecule has 6 heteroatoms. The Bertz CT molecular complexity index is 435. The summed E-state index contributed by atoms with van der Waals surface area (Å²) < 4.78 is 5.08. The number of carbonyl (C=O) groups excluding carboxylic acids is 1. The highest BCUT2D eigenvalue weighted by Crippen LogP contribution is 2.14. The number of nitro groups is 1. The molecule has 0 bridgehead atoms. The molecule has 0 aromatic heterocycles. The molecular weight excluding hydrogens is 260 g/mol. The first-order chi connectivity index (χ1) is 9.15. The molecule has 0 saturated carbocycles. The molecule has 0 aliphatic rings. The number of benzene rings is 1. The van der Waals surface area contributed by atoms with E-state index in [-0.39, 0.29) is 17.4 Å². The van der Waals surface area contributed by atoms with Crippen molar-refractivity contribution in [2.75, 3.05) is 6.61 Å². The molecule has 1 aromatic carbocycles. The number of rotatable bonds is 8. The highest BCUT2D eigenvalue weighted by molar-refractivity contribution is 5.90. The van der Waals surface area contributed by atoms with E-state index in [0.717, 1.165) is 19.3 Å². The van der Waals surface area contributed by atoms with Crippen molar-refractivity contribution in [3.63, 3.8) is 0 Å². The van der Waals surface area contributed by atoms with Crippen LogP contribution in [0.5, 0.6) is 0 Å². The van der Waals surface area contributed by atoms with Gasteiger partial charge in [0.15, 0.2) is 0 Å². The van der Waals surface area contributed by atoms with Gasteiger partial charge in [-0.15, -0.1) is 0 Å². The molecule has 0 saturated heterocycles. The quantitative estimate of drug-likeness (QED) is 0.335. The average molecular weight is 283 g/mol. The first-order valence-corrected chi connectivity index (χ1v) is 6.56. The minimum atomic E-state index is -0.526. The van der Waals surface area contributed by atoms with Gasteiger partial charge in [-0.3, -0.25) is 10.1 Å². The monoisotopic (exact) mass is 283 g/mol. The maximum atomic E-state index is 11.7. The number of non-ortho nitro benzene ring substituents is 1. The van der Waals surface area contributed by atoms with Crippen LogP contribution >= 0.6 is 0 Å². The SMILES string of the molecule is CCCCCCCOC(=O)c1cccc([N+](=O)[O-])c1.[NH4+]. The molecule has 20 heavy (non-hydrogen) atoms. The number of carbonyl (C=O) groups is 1. The van der Waals surface area contributed by atoms with Gasteiger partial charge in [-0.2, -0.15) is 0 Å². The van der Waals surface area contributed by atoms with Gasteiger partial charge in [0.1, 0.15) is 0 Å². The molecular formula is C14H23N2O4+. The van der Waals surface area contributed by atoms with E-state index in [4.69, 9.17) is 4.74 Å². The van der Waals surface area contributed by atoms with Crippen LogP contribution in [0.2, 0.25) is 0 Å². The van der Waals surface area contributed by atoms with E-state index in [9.17, 15) is 14.9 Å². The second-order valence-electron chi connectivity index (χ2n) is 4.36. The number of nitrogens with zero attached hydrogens (tertiary/aromatic N) is 1. The fourth-order valence-electron chi connectivity index (χ4n) is 1.70. The summed E-state index contributed by atoms with van der Waals surface area (Å²) in [5.41, 5.74) is 0.125. The zero-order chi connectivity index (χ0) is 14.1. The summed E-state index contributed by atoms with van der Waals surface area (Å²) in [6, 6.07) is 5.59. The predicted octanol–water partition coefficient (Wildman–Crippen LogP) is 4.10. The summed E-state index contributed by atoms with van der Waals surface area (Å²) in [6.07, 6.45) is 5.38. The highest BCUT2D eigenvalue weighted by atomic mass is 16.6. The smallest absolute Gasteiger partial charge is 0.338 e. The Hall–Kier alpha value is -1.95. The first kappa shape index (κ1) is 18.0. The minimum Gasteiger partial charge on any atom is -0.462 e. The first-order valence-electron chi connectivity index (χ1n) is 6.56. The molecule has 1 rings (SSSR count). The zero-order valence-electron chi connectivity index (χ0n) is 12.1. The average Bonchev–Trinajstić information content (AvgIpc) is 2.42. The Balaban J connectivity index is 0.00000361. The van der Waals surface area contributed by atoms with Crippen molar-refractivity contribution in [1.29, 1.82) is 0 Å². The van der Waals surface area contributed by atoms with Gasteiger partial charge in [-0.25, -0.2) is 4.79 Å². The third-order valence-electron chi connectivity index (χ3n) is 2.77. The number of quaternary nitrogens is 1. The van der Waals surface area contributed by atoms with E-state index in [2.05, 4.69) is 6.92 Å². The lowest BCUT2D eigenvalue weighted by atomic mass is 10.2. The normalized spacial score (nSPS) is 9.65. The topological polar surface area (TPSA) is 106 Å². The van der Waals surface area contributed by atoms with Crippen molar-refractivity contribution in [3.05, 3.63) is 39.9 Å². The summed E-state index contributed by atoms with van der Waals surface area (Å²) in [7, 11) is 0. The molecule has 0 atom stereocenters. The molecule has 0 aliphatic heterocycles. The Morgan fingerprint density at radius 2 is 1.95 bits per heavy atom. The molecule has 112 valence electrons. The molecule has 0 fully saturated rings. The molecule has 0 amide bonds. The second kappa shape index (κ2) is 9.91. The molecule has 0 unspecified atom stereocenters. The van der Waals surface area contributed by atoms with Crippen molar-refractivity contribution in [1.82, 2.24) is 6.15 Å². The fourth-order valence-corrected chi connectivity index (χ4v) is 1.70. The third kappa shape index (κ3) is 6.29. The number of unbranched alkanes of at least 4 members (excludes halogenated alkanes) is 4. The van der Waals surface area contributed by atoms with E-state index < -0.39 is 10.9 Å². The van der Waals surface area contributed by atoms with Crippen LogP contribution in [-0.2, 0) is 4.74 Å². The van der Waals surface area contributed by atoms with Crippen molar-refractivity contribution < 1.29 is 14.5 Å². The van der Waals surface area contributed by atoms with Gasteiger partial charge < -0.3 is 10.9 Å². The van der Waals surface area contributed by atoms with Crippen LogP contribution < -0.4 is 6.15 Å². The van der Waals surface area contributed by atoms with Crippen molar-refractivity contribution >= 4 is 11.7 Å². The Labute approximate surface area is 118 Å². The maximum absolute atomic E-state index is 11.7. The fraction of sp³-hybridized carbons (Fsp3) is 0.500. The van der Waals surface area contributed by atoms with Gasteiger partial charge in [-0.1, -0.05) is 38.7 Å². The van der Waals surface area contributed by atoms with Crippen LogP contribution in [0.3, 0.4) is 0 Å². The summed E-state index contributed by atoms with van der Waals surface area (Å²) in [5.74, 6) is -0.501. The van der Waals surface area contributed by atoms with E-state index in [1.807, 2.05) is 0 Å². The summed E-state index contributed by atoms with van der Waals surface area (Å²) >= 11 is 0. The lowest BCUT2D eigenvalue weighted by molar-refractivity contribution is -0.384. The number of hydrogen-bond donors (Lipinski definition) is 1. The largest absolute Gasteiger partial charge is 0.462 e. The van der Waals surface area contributed by atoms with Crippen molar-refractivity contribution in [2.45, 2.75) is 39.0 Å². The number of esters is 1. The molecule has 6 nitrogen and oxygen atoms in total. The van der Waals surface area contributed by atoms with Crippen LogP contribution in [0.4, 0.5) is 5.69 Å². The lowest BCUT2D eigenvalue weighted by Crippen LogP contribution is -2.06. The van der Waals surface area contributed by atoms with Crippen LogP contribution in [0.1, 0.15) is 49.4 Å². The molecule has 0 spiro atoms. The Kier molecular flexibility index (Phi) is 8.95. The number of ether oxygens (including phenoxy) is 1. The third-order valence-corrected chi connectivity index (χ3v) is 2.77. The zero-order valence-corrected chi connectivity index (χ0v) is 12.1. The van der Waals surface area contributed by atoms with Crippen LogP contribution in [0, 0.1) is 10.1 Å². The molecule has 0 radical (unpaired) electrons. The van der Waals surface area contributed by atoms with Gasteiger partial charge in [0, 0.05) is 12.1 Å². The van der Waals surface area contributed by atoms with E-state index in [1.165, 1.54) is 37.1 Å². The van der Waals surface area contributed by atoms with Gasteiger partial charge in [0.05, 0.1) is 17.1 Å². The van der Waals surface area contributed by atoms with Gasteiger partial charge in [0.25, 0.3) is 5.69 Å². The molecule has 4 N–H and O–H groups in total. The van der Waals surface area contributed by atoms with E-state index >= 15 is 0 Å². The Morgan fingerprint density at radius 1 is 1.25 bits per heavy atom. The Morgan fingerprint density at radius 3 is 2.60 bits per heavy atom. The molecule has 1 aromatic rings. The highest BCUT2D eigenvalue weighted by Gasteiger charge is 2.12. The molecule has 0 heterocycles. The van der Waals surface area contributed by atoms with Gasteiger partial charge >= 0.3 is 5.97 Å². The predicted molar refractivity (Wildman–Crippen MR) is 78.1 cm³/mol. The number of hydrogen-bond acceptors (Lipinski definition) is 4. The van der Waals surface area contributed by atoms with Crippen molar-refractivity contribution in [3.8, 4) is 0 Å². The minimum absolute atomic E-state index is 0. The second-order valence-corrected chi connectivity index (χ2v) is 4.36. The van der Waals surface area contributed by atoms with Crippen LogP contribution in [0.15, 0.2) is 24.3 Å². The van der Waals surface area contributed by atoms with E-state index in [0.29, 0.717) is 6.61 Å². The number of nitro benzene ring substituents is 1. The van der Waals surface area contributed by atoms with E-state index in [1.54, 1.807) is 0 Å². The maximum Gasteiger partial charge on any atom is 0.338 e. The lowest BCUT2D eigenvalue weighted by Gasteiger charge is -2.04. The van der Waals surface area contributed by atoms with Crippen LogP contribution in [0.25, 0.3) is 0 Å². The van der Waals surface area contributed by atoms with Gasteiger partial charge in [-0.05, 0) is 12.5 Å². The summed E-state index contributed by atoms with van der Waals surface area (Å²) in [5, 5.41) is 10.6. The van der Waals surface area contributed by atoms with Gasteiger partial charge in [0.2, 0.25) is 0 Å². The molecule has 0 aliphatic carbocycles. The van der Waals surface area contributed by atoms with Crippen LogP contribution in [-0.4, -0.2) is 17.5 Å².